The van der Waals surface area contributed by atoms with Crippen LogP contribution in [0.1, 0.15) is 29.9 Å². The maximum Gasteiger partial charge on any atom is 0.252 e. The van der Waals surface area contributed by atoms with Gasteiger partial charge in [-0.05, 0) is 36.0 Å². The Morgan fingerprint density at radius 2 is 2.00 bits per heavy atom. The number of carbonyl (C=O) groups excluding carboxylic acids is 1. The first kappa shape index (κ1) is 13.8. The number of nitrogens with one attached hydrogen (secondary N) is 1. The average molecular weight is 282 g/mol. The van der Waals surface area contributed by atoms with Gasteiger partial charge in [0, 0.05) is 18.9 Å². The highest BCUT2D eigenvalue weighted by Crippen LogP contribution is 2.44. The smallest absolute Gasteiger partial charge is 0.252 e. The van der Waals surface area contributed by atoms with Crippen molar-refractivity contribution >= 4 is 5.91 Å². The van der Waals surface area contributed by atoms with Crippen LogP contribution in [0.4, 0.5) is 0 Å². The minimum absolute atomic E-state index is 0.264. The number of nitrogens with zero attached hydrogens (tertiary/aromatic N) is 1. The Labute approximate surface area is 123 Å². The Balaban J connectivity index is 1.54. The van der Waals surface area contributed by atoms with E-state index in [1.807, 2.05) is 42.5 Å². The van der Waals surface area contributed by atoms with Gasteiger partial charge in [0.15, 0.2) is 0 Å². The van der Waals surface area contributed by atoms with Crippen LogP contribution in [0.25, 0.3) is 0 Å². The molecule has 4 heteroatoms. The molecule has 1 heterocycles. The number of pyridine rings is 1. The molecule has 1 aromatic carbocycles. The highest BCUT2D eigenvalue weighted by molar-refractivity contribution is 5.86. The maximum absolute atomic E-state index is 12.1. The predicted octanol–water partition coefficient (Wildman–Crippen LogP) is 2.01. The molecular weight excluding hydrogens is 264 g/mol. The first-order valence-corrected chi connectivity index (χ1v) is 7.12. The molecule has 2 aromatic rings. The molecule has 0 spiro atoms. The Hall–Kier alpha value is -2.20. The summed E-state index contributed by atoms with van der Waals surface area (Å²) in [6, 6.07) is 13.7. The molecule has 21 heavy (non-hydrogen) atoms. The predicted molar refractivity (Wildman–Crippen MR) is 79.5 cm³/mol. The molecule has 0 aliphatic heterocycles. The molecule has 1 aromatic heterocycles. The first-order valence-electron chi connectivity index (χ1n) is 7.12. The van der Waals surface area contributed by atoms with E-state index in [-0.39, 0.29) is 11.8 Å². The minimum atomic E-state index is -1.23. The third-order valence-electron chi connectivity index (χ3n) is 4.04. The fourth-order valence-corrected chi connectivity index (χ4v) is 2.75. The zero-order valence-corrected chi connectivity index (χ0v) is 11.7. The Bertz CT molecular complexity index is 607. The average Bonchev–Trinajstić information content (AvgIpc) is 2.51. The van der Waals surface area contributed by atoms with E-state index >= 15 is 0 Å². The van der Waals surface area contributed by atoms with Gasteiger partial charge in [-0.25, -0.2) is 0 Å². The summed E-state index contributed by atoms with van der Waals surface area (Å²) in [5.74, 6) is -0.0288. The van der Waals surface area contributed by atoms with Crippen molar-refractivity contribution in [1.29, 1.82) is 0 Å². The Kier molecular flexibility index (Phi) is 3.71. The summed E-state index contributed by atoms with van der Waals surface area (Å²) in [6.07, 6.45) is 4.36. The van der Waals surface area contributed by atoms with Crippen molar-refractivity contribution in [2.45, 2.75) is 30.9 Å². The summed E-state index contributed by atoms with van der Waals surface area (Å²) in [7, 11) is 0. The molecule has 108 valence electrons. The third kappa shape index (κ3) is 2.95. The molecule has 0 unspecified atom stereocenters. The lowest BCUT2D eigenvalue weighted by atomic mass is 9.67. The molecule has 2 N–H and O–H groups in total. The summed E-state index contributed by atoms with van der Waals surface area (Å²) in [5, 5.41) is 13.1. The lowest BCUT2D eigenvalue weighted by Gasteiger charge is -2.42. The Morgan fingerprint density at radius 1 is 1.24 bits per heavy atom. The fourth-order valence-electron chi connectivity index (χ4n) is 2.75. The molecule has 1 saturated carbocycles. The van der Waals surface area contributed by atoms with Crippen LogP contribution in [0.2, 0.25) is 0 Å². The van der Waals surface area contributed by atoms with E-state index in [4.69, 9.17) is 0 Å². The van der Waals surface area contributed by atoms with Gasteiger partial charge < -0.3 is 10.4 Å². The molecule has 0 saturated heterocycles. The van der Waals surface area contributed by atoms with E-state index in [0.29, 0.717) is 19.4 Å². The van der Waals surface area contributed by atoms with E-state index in [1.54, 1.807) is 12.4 Å². The molecule has 1 amide bonds. The standard InChI is InChI=1S/C17H18N2O2/c20-16(19-12-13-5-4-8-18-11-13)17(21)9-15(10-17)14-6-2-1-3-7-14/h1-8,11,15,21H,9-10,12H2,(H,19,20). The van der Waals surface area contributed by atoms with Crippen LogP contribution in [-0.4, -0.2) is 21.6 Å². The van der Waals surface area contributed by atoms with Crippen molar-refractivity contribution in [3.63, 3.8) is 0 Å². The summed E-state index contributed by atoms with van der Waals surface area (Å²) in [4.78, 5) is 16.1. The lowest BCUT2D eigenvalue weighted by Crippen LogP contribution is -2.54. The van der Waals surface area contributed by atoms with Crippen molar-refractivity contribution < 1.29 is 9.90 Å². The zero-order valence-electron chi connectivity index (χ0n) is 11.7. The van der Waals surface area contributed by atoms with Crippen LogP contribution in [0.15, 0.2) is 54.9 Å². The largest absolute Gasteiger partial charge is 0.380 e. The van der Waals surface area contributed by atoms with E-state index in [2.05, 4.69) is 10.3 Å². The van der Waals surface area contributed by atoms with Gasteiger partial charge in [0.1, 0.15) is 5.60 Å². The molecule has 0 atom stereocenters. The van der Waals surface area contributed by atoms with E-state index in [0.717, 1.165) is 5.56 Å². The minimum Gasteiger partial charge on any atom is -0.380 e. The van der Waals surface area contributed by atoms with Gasteiger partial charge in [-0.3, -0.25) is 9.78 Å². The van der Waals surface area contributed by atoms with Crippen molar-refractivity contribution in [3.8, 4) is 0 Å². The second kappa shape index (κ2) is 5.66. The van der Waals surface area contributed by atoms with E-state index in [1.165, 1.54) is 5.56 Å². The molecule has 4 nitrogen and oxygen atoms in total. The van der Waals surface area contributed by atoms with Crippen molar-refractivity contribution in [1.82, 2.24) is 10.3 Å². The quantitative estimate of drug-likeness (QED) is 0.901. The number of hydrogen-bond acceptors (Lipinski definition) is 3. The number of benzene rings is 1. The second-order valence-corrected chi connectivity index (χ2v) is 5.59. The summed E-state index contributed by atoms with van der Waals surface area (Å²) < 4.78 is 0. The van der Waals surface area contributed by atoms with Crippen molar-refractivity contribution in [2.24, 2.45) is 0 Å². The van der Waals surface area contributed by atoms with Crippen LogP contribution in [0.3, 0.4) is 0 Å². The van der Waals surface area contributed by atoms with Crippen molar-refractivity contribution in [3.05, 3.63) is 66.0 Å². The van der Waals surface area contributed by atoms with Gasteiger partial charge in [0.05, 0.1) is 0 Å². The zero-order chi connectivity index (χ0) is 14.7. The normalized spacial score (nSPS) is 24.1. The van der Waals surface area contributed by atoms with Gasteiger partial charge in [0.2, 0.25) is 0 Å². The Morgan fingerprint density at radius 3 is 2.67 bits per heavy atom. The summed E-state index contributed by atoms with van der Waals surface area (Å²) in [5.41, 5.74) is 0.874. The number of amides is 1. The van der Waals surface area contributed by atoms with Gasteiger partial charge in [0.25, 0.3) is 5.91 Å². The van der Waals surface area contributed by atoms with Crippen LogP contribution in [0, 0.1) is 0 Å². The monoisotopic (exact) mass is 282 g/mol. The highest BCUT2D eigenvalue weighted by Gasteiger charge is 2.48. The molecule has 1 aliphatic carbocycles. The van der Waals surface area contributed by atoms with Gasteiger partial charge in [-0.1, -0.05) is 36.4 Å². The third-order valence-corrected chi connectivity index (χ3v) is 4.04. The maximum atomic E-state index is 12.1. The van der Waals surface area contributed by atoms with Crippen LogP contribution in [0.5, 0.6) is 0 Å². The van der Waals surface area contributed by atoms with Crippen molar-refractivity contribution in [2.75, 3.05) is 0 Å². The summed E-state index contributed by atoms with van der Waals surface area (Å²) >= 11 is 0. The fraction of sp³-hybridized carbons (Fsp3) is 0.294. The van der Waals surface area contributed by atoms with Crippen LogP contribution in [-0.2, 0) is 11.3 Å². The molecule has 1 fully saturated rings. The van der Waals surface area contributed by atoms with Gasteiger partial charge in [-0.2, -0.15) is 0 Å². The lowest BCUT2D eigenvalue weighted by molar-refractivity contribution is -0.151. The molecule has 1 aliphatic rings. The SMILES string of the molecule is O=C(NCc1cccnc1)C1(O)CC(c2ccccc2)C1. The van der Waals surface area contributed by atoms with Gasteiger partial charge in [-0.15, -0.1) is 0 Å². The molecule has 3 rings (SSSR count). The molecule has 0 radical (unpaired) electrons. The van der Waals surface area contributed by atoms with E-state index < -0.39 is 5.60 Å². The number of aliphatic hydroxyl groups is 1. The number of aromatic nitrogens is 1. The molecular formula is C17H18N2O2. The highest BCUT2D eigenvalue weighted by atomic mass is 16.3. The topological polar surface area (TPSA) is 62.2 Å². The van der Waals surface area contributed by atoms with Gasteiger partial charge >= 0.3 is 0 Å². The number of rotatable bonds is 4. The molecule has 0 bridgehead atoms. The summed E-state index contributed by atoms with van der Waals surface area (Å²) in [6.45, 7) is 0.394. The van der Waals surface area contributed by atoms with Crippen LogP contribution < -0.4 is 5.32 Å². The number of hydrogen-bond donors (Lipinski definition) is 2. The number of carbonyl (C=O) groups is 1. The van der Waals surface area contributed by atoms with Crippen LogP contribution >= 0.6 is 0 Å². The first-order chi connectivity index (χ1) is 10.2. The second-order valence-electron chi connectivity index (χ2n) is 5.59. The van der Waals surface area contributed by atoms with E-state index in [9.17, 15) is 9.90 Å².